The third-order valence-corrected chi connectivity index (χ3v) is 5.64. The molecule has 2 aromatic heterocycles. The fourth-order valence-electron chi connectivity index (χ4n) is 3.89. The summed E-state index contributed by atoms with van der Waals surface area (Å²) in [5.74, 6) is 0.865. The molecule has 0 bridgehead atoms. The molecular weight excluding hydrogens is 436 g/mol. The molecule has 6 heteroatoms. The highest BCUT2D eigenvalue weighted by molar-refractivity contribution is 5.97. The van der Waals surface area contributed by atoms with Gasteiger partial charge in [0.2, 0.25) is 0 Å². The average Bonchev–Trinajstić information content (AvgIpc) is 3.42. The number of nitrogens with one attached hydrogen (secondary N) is 1. The quantitative estimate of drug-likeness (QED) is 0.322. The molecule has 0 saturated carbocycles. The first-order chi connectivity index (χ1) is 17.3. The zero-order valence-corrected chi connectivity index (χ0v) is 19.0. The van der Waals surface area contributed by atoms with Crippen LogP contribution in [0.1, 0.15) is 21.5 Å². The Morgan fingerprint density at radius 1 is 0.857 bits per heavy atom. The molecule has 5 rings (SSSR count). The minimum Gasteiger partial charge on any atom is -0.455 e. The van der Waals surface area contributed by atoms with Gasteiger partial charge in [0.25, 0.3) is 5.91 Å². The lowest BCUT2D eigenvalue weighted by Gasteiger charge is -2.14. The largest absolute Gasteiger partial charge is 0.455 e. The van der Waals surface area contributed by atoms with Crippen molar-refractivity contribution in [1.82, 2.24) is 19.9 Å². The predicted molar refractivity (Wildman–Crippen MR) is 135 cm³/mol. The van der Waals surface area contributed by atoms with Gasteiger partial charge in [0, 0.05) is 31.7 Å². The highest BCUT2D eigenvalue weighted by atomic mass is 16.5. The summed E-state index contributed by atoms with van der Waals surface area (Å²) in [7, 11) is 0. The van der Waals surface area contributed by atoms with E-state index in [2.05, 4.69) is 45.6 Å². The van der Waals surface area contributed by atoms with E-state index in [1.165, 1.54) is 5.56 Å². The van der Waals surface area contributed by atoms with Crippen molar-refractivity contribution in [2.24, 2.45) is 0 Å². The van der Waals surface area contributed by atoms with Crippen molar-refractivity contribution < 1.29 is 9.53 Å². The fourth-order valence-corrected chi connectivity index (χ4v) is 3.89. The zero-order chi connectivity index (χ0) is 23.9. The standard InChI is InChI=1S/C29H24N4O2/c34-29(27-9-3-4-10-28(27)35-25-7-5-15-30-19-25)32-18-24-6-1-2-8-26(24)23-13-11-22(12-14-23)20-33-17-16-31-21-33/h1-17,19,21H,18,20H2,(H,32,34). The number of carbonyl (C=O) groups is 1. The van der Waals surface area contributed by atoms with Crippen molar-refractivity contribution in [1.29, 1.82) is 0 Å². The summed E-state index contributed by atoms with van der Waals surface area (Å²) in [6, 6.07) is 27.4. The molecule has 0 spiro atoms. The summed E-state index contributed by atoms with van der Waals surface area (Å²) < 4.78 is 7.93. The summed E-state index contributed by atoms with van der Waals surface area (Å²) >= 11 is 0. The van der Waals surface area contributed by atoms with Crippen molar-refractivity contribution >= 4 is 5.91 Å². The zero-order valence-electron chi connectivity index (χ0n) is 19.0. The molecule has 0 atom stereocenters. The molecule has 35 heavy (non-hydrogen) atoms. The average molecular weight is 461 g/mol. The Hall–Kier alpha value is -4.71. The second-order valence-electron chi connectivity index (χ2n) is 8.06. The van der Waals surface area contributed by atoms with Crippen LogP contribution in [0.15, 0.2) is 116 Å². The fraction of sp³-hybridized carbons (Fsp3) is 0.0690. The van der Waals surface area contributed by atoms with E-state index in [9.17, 15) is 4.79 Å². The molecule has 0 aliphatic heterocycles. The van der Waals surface area contributed by atoms with Gasteiger partial charge < -0.3 is 14.6 Å². The minimum absolute atomic E-state index is 0.199. The Morgan fingerprint density at radius 2 is 1.69 bits per heavy atom. The van der Waals surface area contributed by atoms with Gasteiger partial charge in [0.15, 0.2) is 0 Å². The number of ether oxygens (including phenoxy) is 1. The molecule has 0 fully saturated rings. The number of amides is 1. The smallest absolute Gasteiger partial charge is 0.255 e. The van der Waals surface area contributed by atoms with Gasteiger partial charge in [0.1, 0.15) is 11.5 Å². The molecule has 1 amide bonds. The third-order valence-electron chi connectivity index (χ3n) is 5.64. The predicted octanol–water partition coefficient (Wildman–Crippen LogP) is 5.72. The molecule has 172 valence electrons. The lowest BCUT2D eigenvalue weighted by molar-refractivity contribution is 0.0948. The van der Waals surface area contributed by atoms with Crippen molar-refractivity contribution in [2.75, 3.05) is 0 Å². The van der Waals surface area contributed by atoms with Crippen LogP contribution in [0.2, 0.25) is 0 Å². The summed E-state index contributed by atoms with van der Waals surface area (Å²) in [5.41, 5.74) is 4.89. The van der Waals surface area contributed by atoms with Crippen LogP contribution in [0.5, 0.6) is 11.5 Å². The van der Waals surface area contributed by atoms with Crippen LogP contribution in [-0.4, -0.2) is 20.4 Å². The molecule has 2 heterocycles. The lowest BCUT2D eigenvalue weighted by atomic mass is 9.98. The number of hydrogen-bond donors (Lipinski definition) is 1. The SMILES string of the molecule is O=C(NCc1ccccc1-c1ccc(Cn2ccnc2)cc1)c1ccccc1Oc1cccnc1. The van der Waals surface area contributed by atoms with Crippen molar-refractivity contribution in [2.45, 2.75) is 13.1 Å². The Morgan fingerprint density at radius 3 is 2.49 bits per heavy atom. The van der Waals surface area contributed by atoms with Gasteiger partial charge in [-0.1, -0.05) is 60.7 Å². The van der Waals surface area contributed by atoms with E-state index in [-0.39, 0.29) is 5.91 Å². The monoisotopic (exact) mass is 460 g/mol. The van der Waals surface area contributed by atoms with Crippen LogP contribution in [0.4, 0.5) is 0 Å². The van der Waals surface area contributed by atoms with Gasteiger partial charge in [-0.25, -0.2) is 4.98 Å². The van der Waals surface area contributed by atoms with Crippen LogP contribution in [0.3, 0.4) is 0 Å². The topological polar surface area (TPSA) is 69.0 Å². The highest BCUT2D eigenvalue weighted by Crippen LogP contribution is 2.26. The maximum Gasteiger partial charge on any atom is 0.255 e. The van der Waals surface area contributed by atoms with E-state index in [0.717, 1.165) is 23.2 Å². The van der Waals surface area contributed by atoms with Crippen LogP contribution in [0.25, 0.3) is 11.1 Å². The number of nitrogens with zero attached hydrogens (tertiary/aromatic N) is 3. The first-order valence-corrected chi connectivity index (χ1v) is 11.3. The molecule has 0 aliphatic rings. The molecule has 0 saturated heterocycles. The van der Waals surface area contributed by atoms with Gasteiger partial charge in [-0.3, -0.25) is 9.78 Å². The summed E-state index contributed by atoms with van der Waals surface area (Å²) in [4.78, 5) is 21.2. The maximum atomic E-state index is 13.1. The van der Waals surface area contributed by atoms with Crippen LogP contribution >= 0.6 is 0 Å². The second-order valence-corrected chi connectivity index (χ2v) is 8.06. The van der Waals surface area contributed by atoms with Gasteiger partial charge in [-0.15, -0.1) is 0 Å². The highest BCUT2D eigenvalue weighted by Gasteiger charge is 2.14. The minimum atomic E-state index is -0.199. The van der Waals surface area contributed by atoms with E-state index in [0.29, 0.717) is 23.6 Å². The van der Waals surface area contributed by atoms with Crippen molar-refractivity contribution in [3.05, 3.63) is 133 Å². The van der Waals surface area contributed by atoms with Crippen LogP contribution in [-0.2, 0) is 13.1 Å². The van der Waals surface area contributed by atoms with Gasteiger partial charge in [0.05, 0.1) is 18.1 Å². The molecule has 0 aliphatic carbocycles. The van der Waals surface area contributed by atoms with Crippen LogP contribution < -0.4 is 10.1 Å². The van der Waals surface area contributed by atoms with E-state index in [4.69, 9.17) is 4.74 Å². The number of hydrogen-bond acceptors (Lipinski definition) is 4. The van der Waals surface area contributed by atoms with Gasteiger partial charge in [-0.2, -0.15) is 0 Å². The second kappa shape index (κ2) is 10.5. The van der Waals surface area contributed by atoms with Crippen LogP contribution in [0, 0.1) is 0 Å². The lowest BCUT2D eigenvalue weighted by Crippen LogP contribution is -2.23. The number of imidazole rings is 1. The third kappa shape index (κ3) is 5.45. The van der Waals surface area contributed by atoms with E-state index in [1.807, 2.05) is 47.4 Å². The first-order valence-electron chi connectivity index (χ1n) is 11.3. The normalized spacial score (nSPS) is 10.6. The molecule has 0 radical (unpaired) electrons. The van der Waals surface area contributed by atoms with Crippen molar-refractivity contribution in [3.63, 3.8) is 0 Å². The Bertz CT molecular complexity index is 1400. The molecule has 6 nitrogen and oxygen atoms in total. The first kappa shape index (κ1) is 22.1. The summed E-state index contributed by atoms with van der Waals surface area (Å²) in [5, 5.41) is 3.05. The molecular formula is C29H24N4O2. The Balaban J connectivity index is 1.30. The maximum absolute atomic E-state index is 13.1. The Kier molecular flexibility index (Phi) is 6.62. The number of pyridine rings is 1. The van der Waals surface area contributed by atoms with E-state index in [1.54, 1.807) is 42.9 Å². The molecule has 1 N–H and O–H groups in total. The van der Waals surface area contributed by atoms with Gasteiger partial charge in [-0.05, 0) is 46.5 Å². The van der Waals surface area contributed by atoms with Gasteiger partial charge >= 0.3 is 0 Å². The number of aromatic nitrogens is 3. The molecule has 5 aromatic rings. The number of benzene rings is 3. The summed E-state index contributed by atoms with van der Waals surface area (Å²) in [6.45, 7) is 1.17. The van der Waals surface area contributed by atoms with E-state index >= 15 is 0 Å². The number of rotatable bonds is 8. The van der Waals surface area contributed by atoms with E-state index < -0.39 is 0 Å². The number of carbonyl (C=O) groups excluding carboxylic acids is 1. The number of para-hydroxylation sites is 1. The molecule has 3 aromatic carbocycles. The molecule has 0 unspecified atom stereocenters. The summed E-state index contributed by atoms with van der Waals surface area (Å²) in [6.07, 6.45) is 8.84. The van der Waals surface area contributed by atoms with Crippen molar-refractivity contribution in [3.8, 4) is 22.6 Å². The Labute approximate surface area is 203 Å².